The van der Waals surface area contributed by atoms with E-state index in [1.807, 2.05) is 6.07 Å². The Morgan fingerprint density at radius 1 is 1.05 bits per heavy atom. The number of aryl methyl sites for hydroxylation is 3. The highest BCUT2D eigenvalue weighted by Gasteiger charge is 2.17. The highest BCUT2D eigenvalue weighted by Crippen LogP contribution is 2.30. The van der Waals surface area contributed by atoms with Gasteiger partial charge in [0.15, 0.2) is 0 Å². The number of benzene rings is 2. The van der Waals surface area contributed by atoms with E-state index < -0.39 is 0 Å². The number of fused-ring (bicyclic) bond motifs is 1. The molecule has 1 aliphatic heterocycles. The minimum atomic E-state index is 0.857. The Hall–Kier alpha value is -1.96. The minimum Gasteiger partial charge on any atom is -0.399 e. The molecule has 0 amide bonds. The highest BCUT2D eigenvalue weighted by molar-refractivity contribution is 5.62. The van der Waals surface area contributed by atoms with Crippen molar-refractivity contribution in [1.82, 2.24) is 0 Å². The molecule has 0 atom stereocenters. The van der Waals surface area contributed by atoms with Gasteiger partial charge in [-0.15, -0.1) is 0 Å². The molecule has 0 bridgehead atoms. The predicted octanol–water partition coefficient (Wildman–Crippen LogP) is 3.84. The first-order chi connectivity index (χ1) is 9.63. The number of hydrogen-bond donors (Lipinski definition) is 1. The minimum absolute atomic E-state index is 0.857. The van der Waals surface area contributed by atoms with Crippen LogP contribution in [0.2, 0.25) is 0 Å². The summed E-state index contributed by atoms with van der Waals surface area (Å²) in [6, 6.07) is 13.1. The Balaban J connectivity index is 1.89. The number of nitrogen functional groups attached to an aromatic ring is 1. The van der Waals surface area contributed by atoms with Gasteiger partial charge >= 0.3 is 0 Å². The summed E-state index contributed by atoms with van der Waals surface area (Å²) < 4.78 is 0. The van der Waals surface area contributed by atoms with Crippen molar-refractivity contribution in [3.8, 4) is 0 Å². The SMILES string of the molecule is Cc1ccc(CN2CCCc3ccc(N)cc32)cc1C. The van der Waals surface area contributed by atoms with Crippen molar-refractivity contribution >= 4 is 11.4 Å². The normalized spacial score (nSPS) is 14.2. The quantitative estimate of drug-likeness (QED) is 0.837. The van der Waals surface area contributed by atoms with Gasteiger partial charge in [0, 0.05) is 24.5 Å². The lowest BCUT2D eigenvalue weighted by Crippen LogP contribution is -2.28. The smallest absolute Gasteiger partial charge is 0.0429 e. The van der Waals surface area contributed by atoms with Crippen LogP contribution in [-0.2, 0) is 13.0 Å². The Morgan fingerprint density at radius 2 is 1.90 bits per heavy atom. The van der Waals surface area contributed by atoms with Crippen LogP contribution in [0.15, 0.2) is 36.4 Å². The molecule has 2 N–H and O–H groups in total. The summed E-state index contributed by atoms with van der Waals surface area (Å²) in [6.45, 7) is 6.43. The van der Waals surface area contributed by atoms with E-state index in [0.717, 1.165) is 18.8 Å². The molecule has 20 heavy (non-hydrogen) atoms. The van der Waals surface area contributed by atoms with Gasteiger partial charge in [0.05, 0.1) is 0 Å². The molecule has 0 spiro atoms. The van der Waals surface area contributed by atoms with Crippen molar-refractivity contribution in [3.63, 3.8) is 0 Å². The number of hydrogen-bond acceptors (Lipinski definition) is 2. The molecule has 104 valence electrons. The van der Waals surface area contributed by atoms with E-state index in [9.17, 15) is 0 Å². The van der Waals surface area contributed by atoms with Gasteiger partial charge in [-0.3, -0.25) is 0 Å². The number of nitrogens with two attached hydrogens (primary N) is 1. The van der Waals surface area contributed by atoms with Crippen molar-refractivity contribution in [2.45, 2.75) is 33.2 Å². The van der Waals surface area contributed by atoms with Crippen LogP contribution >= 0.6 is 0 Å². The molecule has 2 nitrogen and oxygen atoms in total. The highest BCUT2D eigenvalue weighted by atomic mass is 15.1. The van der Waals surface area contributed by atoms with Gasteiger partial charge < -0.3 is 10.6 Å². The Bertz CT molecular complexity index is 631. The molecule has 0 aromatic heterocycles. The predicted molar refractivity (Wildman–Crippen MR) is 86.1 cm³/mol. The Morgan fingerprint density at radius 3 is 2.70 bits per heavy atom. The van der Waals surface area contributed by atoms with Crippen LogP contribution in [0.3, 0.4) is 0 Å². The summed E-state index contributed by atoms with van der Waals surface area (Å²) >= 11 is 0. The molecule has 2 aromatic carbocycles. The van der Waals surface area contributed by atoms with Crippen molar-refractivity contribution in [1.29, 1.82) is 0 Å². The van der Waals surface area contributed by atoms with Crippen molar-refractivity contribution in [2.75, 3.05) is 17.2 Å². The molecule has 0 aliphatic carbocycles. The Labute approximate surface area is 121 Å². The molecule has 0 unspecified atom stereocenters. The molecule has 0 radical (unpaired) electrons. The topological polar surface area (TPSA) is 29.3 Å². The third-order valence-electron chi connectivity index (χ3n) is 4.27. The number of rotatable bonds is 2. The monoisotopic (exact) mass is 266 g/mol. The van der Waals surface area contributed by atoms with Gasteiger partial charge in [-0.2, -0.15) is 0 Å². The van der Waals surface area contributed by atoms with E-state index in [2.05, 4.69) is 49.1 Å². The lowest BCUT2D eigenvalue weighted by Gasteiger charge is -2.31. The van der Waals surface area contributed by atoms with Crippen LogP contribution in [0.25, 0.3) is 0 Å². The van der Waals surface area contributed by atoms with E-state index in [4.69, 9.17) is 5.73 Å². The first-order valence-electron chi connectivity index (χ1n) is 7.33. The second-order valence-electron chi connectivity index (χ2n) is 5.83. The first-order valence-corrected chi connectivity index (χ1v) is 7.33. The van der Waals surface area contributed by atoms with E-state index in [1.165, 1.54) is 40.8 Å². The van der Waals surface area contributed by atoms with Gasteiger partial charge in [-0.25, -0.2) is 0 Å². The van der Waals surface area contributed by atoms with Gasteiger partial charge in [0.25, 0.3) is 0 Å². The van der Waals surface area contributed by atoms with Crippen molar-refractivity contribution < 1.29 is 0 Å². The molecule has 2 heteroatoms. The largest absolute Gasteiger partial charge is 0.399 e. The van der Waals surface area contributed by atoms with Crippen molar-refractivity contribution in [3.05, 3.63) is 58.7 Å². The molecule has 0 saturated carbocycles. The van der Waals surface area contributed by atoms with Gasteiger partial charge in [0.1, 0.15) is 0 Å². The maximum absolute atomic E-state index is 5.95. The molecule has 0 saturated heterocycles. The average Bonchev–Trinajstić information content (AvgIpc) is 2.44. The van der Waals surface area contributed by atoms with Crippen LogP contribution in [0.5, 0.6) is 0 Å². The fourth-order valence-electron chi connectivity index (χ4n) is 2.95. The summed E-state index contributed by atoms with van der Waals surface area (Å²) in [5.74, 6) is 0. The van der Waals surface area contributed by atoms with Crippen LogP contribution in [0, 0.1) is 13.8 Å². The molecule has 0 fully saturated rings. The molecule has 2 aromatic rings. The molecule has 1 heterocycles. The molecular formula is C18H22N2. The molecule has 1 aliphatic rings. The zero-order valence-corrected chi connectivity index (χ0v) is 12.3. The maximum atomic E-state index is 5.95. The number of anilines is 2. The van der Waals surface area contributed by atoms with Gasteiger partial charge in [-0.05, 0) is 61.1 Å². The first kappa shape index (κ1) is 13.0. The second-order valence-corrected chi connectivity index (χ2v) is 5.83. The lowest BCUT2D eigenvalue weighted by molar-refractivity contribution is 0.691. The third-order valence-corrected chi connectivity index (χ3v) is 4.27. The summed E-state index contributed by atoms with van der Waals surface area (Å²) in [4.78, 5) is 2.46. The zero-order valence-electron chi connectivity index (χ0n) is 12.3. The van der Waals surface area contributed by atoms with Crippen LogP contribution in [-0.4, -0.2) is 6.54 Å². The number of nitrogens with zero attached hydrogens (tertiary/aromatic N) is 1. The zero-order chi connectivity index (χ0) is 14.1. The van der Waals surface area contributed by atoms with Crippen LogP contribution in [0.4, 0.5) is 11.4 Å². The third kappa shape index (κ3) is 2.51. The summed E-state index contributed by atoms with van der Waals surface area (Å²) in [7, 11) is 0. The summed E-state index contributed by atoms with van der Waals surface area (Å²) in [6.07, 6.45) is 2.39. The lowest BCUT2D eigenvalue weighted by atomic mass is 9.99. The van der Waals surface area contributed by atoms with Gasteiger partial charge in [-0.1, -0.05) is 24.3 Å². The molecule has 3 rings (SSSR count). The van der Waals surface area contributed by atoms with Crippen LogP contribution < -0.4 is 10.6 Å². The van der Waals surface area contributed by atoms with E-state index in [1.54, 1.807) is 0 Å². The average molecular weight is 266 g/mol. The van der Waals surface area contributed by atoms with Gasteiger partial charge in [0.2, 0.25) is 0 Å². The van der Waals surface area contributed by atoms with E-state index in [-0.39, 0.29) is 0 Å². The second kappa shape index (κ2) is 5.20. The fraction of sp³-hybridized carbons (Fsp3) is 0.333. The Kier molecular flexibility index (Phi) is 3.39. The fourth-order valence-corrected chi connectivity index (χ4v) is 2.95. The summed E-state index contributed by atoms with van der Waals surface area (Å²) in [5.41, 5.74) is 13.7. The maximum Gasteiger partial charge on any atom is 0.0429 e. The van der Waals surface area contributed by atoms with Crippen molar-refractivity contribution in [2.24, 2.45) is 0 Å². The summed E-state index contributed by atoms with van der Waals surface area (Å²) in [5, 5.41) is 0. The molecular weight excluding hydrogens is 244 g/mol. The standard InChI is InChI=1S/C18H22N2/c1-13-5-6-15(10-14(13)2)12-20-9-3-4-16-7-8-17(19)11-18(16)20/h5-8,10-11H,3-4,9,12,19H2,1-2H3. The van der Waals surface area contributed by atoms with E-state index in [0.29, 0.717) is 0 Å². The van der Waals surface area contributed by atoms with Crippen LogP contribution in [0.1, 0.15) is 28.7 Å². The van der Waals surface area contributed by atoms with E-state index >= 15 is 0 Å².